The predicted octanol–water partition coefficient (Wildman–Crippen LogP) is 0.181. The van der Waals surface area contributed by atoms with Crippen LogP contribution in [0.25, 0.3) is 0 Å². The van der Waals surface area contributed by atoms with Crippen LogP contribution in [0.1, 0.15) is 51.5 Å². The van der Waals surface area contributed by atoms with Gasteiger partial charge in [0.1, 0.15) is 6.04 Å². The summed E-state index contributed by atoms with van der Waals surface area (Å²) in [6, 6.07) is 7.73. The number of amides is 5. The highest BCUT2D eigenvalue weighted by Crippen LogP contribution is 2.43. The highest BCUT2D eigenvalue weighted by atomic mass is 16.2. The molecule has 3 aliphatic rings. The maximum atomic E-state index is 12.9. The molecule has 2 saturated heterocycles. The van der Waals surface area contributed by atoms with Gasteiger partial charge < -0.3 is 31.5 Å². The number of benzene rings is 1. The Balaban J connectivity index is 1.17. The Labute approximate surface area is 241 Å². The van der Waals surface area contributed by atoms with Crippen molar-refractivity contribution in [3.05, 3.63) is 35.9 Å². The number of carbonyl (C=O) groups is 5. The van der Waals surface area contributed by atoms with Crippen molar-refractivity contribution in [3.63, 3.8) is 0 Å². The normalized spacial score (nSPS) is 19.2. The summed E-state index contributed by atoms with van der Waals surface area (Å²) < 4.78 is 0. The summed E-state index contributed by atoms with van der Waals surface area (Å²) in [6.07, 6.45) is 4.46. The fourth-order valence-corrected chi connectivity index (χ4v) is 5.66. The number of nitrogens with two attached hydrogens (primary N) is 1. The Bertz CT molecular complexity index is 1110. The van der Waals surface area contributed by atoms with Crippen molar-refractivity contribution in [1.82, 2.24) is 25.8 Å². The van der Waals surface area contributed by atoms with Gasteiger partial charge in [-0.05, 0) is 50.0 Å². The molecular weight excluding hydrogens is 524 g/mol. The SMILES string of the molecule is CC(C)CC(NC(=O)CNC(=O)C(N)Cc1ccccc1)C(=O)NCC(=O)N1CCC2(CC1)CN(C(=O)C1CC1)C2. The second-order valence-electron chi connectivity index (χ2n) is 12.3. The lowest BCUT2D eigenvalue weighted by atomic mass is 9.72. The molecular formula is C30H44N6O5. The van der Waals surface area contributed by atoms with E-state index in [0.717, 1.165) is 44.3 Å². The highest BCUT2D eigenvalue weighted by molar-refractivity contribution is 5.92. The maximum Gasteiger partial charge on any atom is 0.243 e. The summed E-state index contributed by atoms with van der Waals surface area (Å²) >= 11 is 0. The zero-order chi connectivity index (χ0) is 29.6. The topological polar surface area (TPSA) is 154 Å². The first-order valence-electron chi connectivity index (χ1n) is 14.8. The van der Waals surface area contributed by atoms with Gasteiger partial charge >= 0.3 is 0 Å². The molecule has 1 aromatic rings. The fourth-order valence-electron chi connectivity index (χ4n) is 5.66. The van der Waals surface area contributed by atoms with Crippen LogP contribution in [0.5, 0.6) is 0 Å². The van der Waals surface area contributed by atoms with Gasteiger partial charge in [0.05, 0.1) is 19.1 Å². The van der Waals surface area contributed by atoms with Gasteiger partial charge in [0.25, 0.3) is 0 Å². The van der Waals surface area contributed by atoms with Crippen molar-refractivity contribution in [2.45, 2.75) is 64.5 Å². The van der Waals surface area contributed by atoms with E-state index < -0.39 is 29.8 Å². The summed E-state index contributed by atoms with van der Waals surface area (Å²) in [4.78, 5) is 66.7. The molecule has 1 aliphatic carbocycles. The molecule has 2 unspecified atom stereocenters. The molecule has 2 atom stereocenters. The van der Waals surface area contributed by atoms with Crippen molar-refractivity contribution in [2.24, 2.45) is 23.0 Å². The van der Waals surface area contributed by atoms with Crippen LogP contribution < -0.4 is 21.7 Å². The molecule has 2 aliphatic heterocycles. The Hall–Kier alpha value is -3.47. The fraction of sp³-hybridized carbons (Fsp3) is 0.633. The number of hydrogen-bond acceptors (Lipinski definition) is 6. The van der Waals surface area contributed by atoms with E-state index in [1.54, 1.807) is 4.90 Å². The molecule has 1 spiro atoms. The van der Waals surface area contributed by atoms with E-state index in [1.807, 2.05) is 49.1 Å². The van der Waals surface area contributed by atoms with Gasteiger partial charge in [-0.3, -0.25) is 24.0 Å². The molecule has 41 heavy (non-hydrogen) atoms. The zero-order valence-electron chi connectivity index (χ0n) is 24.2. The van der Waals surface area contributed by atoms with Crippen molar-refractivity contribution >= 4 is 29.5 Å². The minimum absolute atomic E-state index is 0.114. The minimum Gasteiger partial charge on any atom is -0.346 e. The van der Waals surface area contributed by atoms with Gasteiger partial charge in [-0.1, -0.05) is 44.2 Å². The van der Waals surface area contributed by atoms with Gasteiger partial charge in [0.2, 0.25) is 29.5 Å². The first-order valence-corrected chi connectivity index (χ1v) is 14.8. The standard InChI is InChI=1S/C30H44N6O5/c1-20(2)14-24(34-25(37)16-32-27(39)23(31)15-21-6-4-3-5-7-21)28(40)33-17-26(38)35-12-10-30(11-13-35)18-36(19-30)29(41)22-8-9-22/h3-7,20,22-24H,8-19,31H2,1-2H3,(H,32,39)(H,33,40)(H,34,37). The molecule has 0 aromatic heterocycles. The van der Waals surface area contributed by atoms with Crippen LogP contribution in [-0.4, -0.2) is 90.7 Å². The van der Waals surface area contributed by atoms with E-state index >= 15 is 0 Å². The zero-order valence-corrected chi connectivity index (χ0v) is 24.2. The van der Waals surface area contributed by atoms with Crippen molar-refractivity contribution < 1.29 is 24.0 Å². The van der Waals surface area contributed by atoms with E-state index in [9.17, 15) is 24.0 Å². The summed E-state index contributed by atoms with van der Waals surface area (Å²) in [5.74, 6) is -0.914. The Morgan fingerprint density at radius 2 is 1.56 bits per heavy atom. The molecule has 3 fully saturated rings. The molecule has 224 valence electrons. The van der Waals surface area contributed by atoms with Crippen LogP contribution in [0.15, 0.2) is 30.3 Å². The molecule has 5 N–H and O–H groups in total. The number of piperidine rings is 1. The van der Waals surface area contributed by atoms with Gasteiger partial charge in [-0.25, -0.2) is 0 Å². The van der Waals surface area contributed by atoms with E-state index in [0.29, 0.717) is 25.9 Å². The summed E-state index contributed by atoms with van der Waals surface area (Å²) in [6.45, 7) is 6.22. The minimum atomic E-state index is -0.834. The first-order chi connectivity index (χ1) is 19.5. The van der Waals surface area contributed by atoms with Crippen LogP contribution in [0.4, 0.5) is 0 Å². The number of nitrogens with zero attached hydrogens (tertiary/aromatic N) is 2. The van der Waals surface area contributed by atoms with Gasteiger partial charge in [-0.15, -0.1) is 0 Å². The van der Waals surface area contributed by atoms with Crippen LogP contribution in [0, 0.1) is 17.3 Å². The molecule has 1 aromatic carbocycles. The average molecular weight is 569 g/mol. The van der Waals surface area contributed by atoms with Gasteiger partial charge in [0.15, 0.2) is 0 Å². The van der Waals surface area contributed by atoms with Crippen molar-refractivity contribution in [1.29, 1.82) is 0 Å². The lowest BCUT2D eigenvalue weighted by molar-refractivity contribution is -0.151. The third-order valence-electron chi connectivity index (χ3n) is 8.30. The Kier molecular flexibility index (Phi) is 10.0. The monoisotopic (exact) mass is 568 g/mol. The maximum absolute atomic E-state index is 12.9. The first kappa shape index (κ1) is 30.5. The van der Waals surface area contributed by atoms with Crippen LogP contribution in [-0.2, 0) is 30.4 Å². The van der Waals surface area contributed by atoms with Crippen molar-refractivity contribution in [2.75, 3.05) is 39.3 Å². The summed E-state index contributed by atoms with van der Waals surface area (Å²) in [5.41, 5.74) is 7.02. The van der Waals surface area contributed by atoms with Crippen LogP contribution >= 0.6 is 0 Å². The van der Waals surface area contributed by atoms with E-state index in [2.05, 4.69) is 16.0 Å². The van der Waals surface area contributed by atoms with Gasteiger partial charge in [-0.2, -0.15) is 0 Å². The van der Waals surface area contributed by atoms with Crippen molar-refractivity contribution in [3.8, 4) is 0 Å². The van der Waals surface area contributed by atoms with Crippen LogP contribution in [0.2, 0.25) is 0 Å². The number of nitrogens with one attached hydrogen (secondary N) is 3. The number of carbonyl (C=O) groups excluding carboxylic acids is 5. The van der Waals surface area contributed by atoms with E-state index in [-0.39, 0.29) is 42.2 Å². The summed E-state index contributed by atoms with van der Waals surface area (Å²) in [5, 5.41) is 7.91. The largest absolute Gasteiger partial charge is 0.346 e. The molecule has 0 radical (unpaired) electrons. The van der Waals surface area contributed by atoms with Gasteiger partial charge in [0, 0.05) is 37.5 Å². The molecule has 5 amide bonds. The number of likely N-dealkylation sites (tertiary alicyclic amines) is 2. The van der Waals surface area contributed by atoms with Crippen LogP contribution in [0.3, 0.4) is 0 Å². The lowest BCUT2D eigenvalue weighted by Gasteiger charge is -2.54. The quantitative estimate of drug-likeness (QED) is 0.282. The van der Waals surface area contributed by atoms with E-state index in [1.165, 1.54) is 0 Å². The third kappa shape index (κ3) is 8.51. The predicted molar refractivity (Wildman–Crippen MR) is 153 cm³/mol. The molecule has 4 rings (SSSR count). The molecule has 1 saturated carbocycles. The molecule has 0 bridgehead atoms. The highest BCUT2D eigenvalue weighted by Gasteiger charge is 2.49. The smallest absolute Gasteiger partial charge is 0.243 e. The second kappa shape index (κ2) is 13.5. The number of hydrogen-bond donors (Lipinski definition) is 4. The summed E-state index contributed by atoms with van der Waals surface area (Å²) in [7, 11) is 0. The second-order valence-corrected chi connectivity index (χ2v) is 12.3. The Morgan fingerprint density at radius 3 is 2.17 bits per heavy atom. The van der Waals surface area contributed by atoms with E-state index in [4.69, 9.17) is 5.73 Å². The third-order valence-corrected chi connectivity index (χ3v) is 8.30. The lowest BCUT2D eigenvalue weighted by Crippen LogP contribution is -2.63. The molecule has 2 heterocycles. The Morgan fingerprint density at radius 1 is 0.927 bits per heavy atom. The molecule has 11 heteroatoms. The number of rotatable bonds is 12. The molecule has 11 nitrogen and oxygen atoms in total. The average Bonchev–Trinajstić information content (AvgIpc) is 3.78.